The Morgan fingerprint density at radius 1 is 1.29 bits per heavy atom. The lowest BCUT2D eigenvalue weighted by atomic mass is 10.2. The molecular formula is C9H15N3O3S2. The highest BCUT2D eigenvalue weighted by Crippen LogP contribution is 2.17. The van der Waals surface area contributed by atoms with Crippen LogP contribution in [0.5, 0.6) is 0 Å². The minimum atomic E-state index is -3.61. The molecule has 0 saturated carbocycles. The highest BCUT2D eigenvalue weighted by molar-refractivity contribution is 7.91. The van der Waals surface area contributed by atoms with Gasteiger partial charge in [-0.1, -0.05) is 17.8 Å². The largest absolute Gasteiger partial charge is 0.315 e. The fraction of sp³-hybridized carbons (Fsp3) is 0.667. The van der Waals surface area contributed by atoms with Crippen molar-refractivity contribution in [2.45, 2.75) is 30.4 Å². The van der Waals surface area contributed by atoms with E-state index in [1.807, 2.05) is 0 Å². The van der Waals surface area contributed by atoms with Crippen LogP contribution in [0.25, 0.3) is 0 Å². The smallest absolute Gasteiger partial charge is 0.305 e. The van der Waals surface area contributed by atoms with E-state index >= 15 is 0 Å². The Morgan fingerprint density at radius 2 is 1.94 bits per heavy atom. The van der Waals surface area contributed by atoms with Gasteiger partial charge in [-0.05, 0) is 19.8 Å². The number of nitrogens with one attached hydrogen (secondary N) is 2. The average Bonchev–Trinajstić information content (AvgIpc) is 2.59. The Balaban J connectivity index is 2.18. The Morgan fingerprint density at radius 3 is 2.47 bits per heavy atom. The van der Waals surface area contributed by atoms with Gasteiger partial charge in [0.1, 0.15) is 0 Å². The van der Waals surface area contributed by atoms with Gasteiger partial charge in [-0.25, -0.2) is 13.4 Å². The van der Waals surface area contributed by atoms with E-state index in [1.54, 1.807) is 11.9 Å². The number of hydrogen-bond donors (Lipinski definition) is 2. The third kappa shape index (κ3) is 2.95. The minimum Gasteiger partial charge on any atom is -0.315 e. The van der Waals surface area contributed by atoms with E-state index in [1.165, 1.54) is 0 Å². The quantitative estimate of drug-likeness (QED) is 0.839. The predicted octanol–water partition coefficient (Wildman–Crippen LogP) is 0.424. The highest BCUT2D eigenvalue weighted by Gasteiger charge is 2.24. The lowest BCUT2D eigenvalue weighted by Crippen LogP contribution is -2.44. The molecule has 2 N–H and O–H groups in total. The molecule has 0 amide bonds. The van der Waals surface area contributed by atoms with Crippen LogP contribution < -0.4 is 9.70 Å². The number of rotatable bonds is 3. The Bertz CT molecular complexity index is 540. The van der Waals surface area contributed by atoms with Crippen molar-refractivity contribution in [3.05, 3.63) is 15.4 Å². The van der Waals surface area contributed by atoms with Crippen molar-refractivity contribution in [3.63, 3.8) is 0 Å². The van der Waals surface area contributed by atoms with Crippen molar-refractivity contribution < 1.29 is 8.42 Å². The topological polar surface area (TPSA) is 82.3 Å². The number of nitrogens with zero attached hydrogens (tertiary/aromatic N) is 1. The maximum Gasteiger partial charge on any atom is 0.305 e. The average molecular weight is 277 g/mol. The van der Waals surface area contributed by atoms with Gasteiger partial charge in [0.2, 0.25) is 0 Å². The summed E-state index contributed by atoms with van der Waals surface area (Å²) in [7, 11) is -3.61. The molecule has 0 atom stereocenters. The normalized spacial score (nSPS) is 18.4. The van der Waals surface area contributed by atoms with E-state index in [9.17, 15) is 13.2 Å². The molecule has 1 aromatic heterocycles. The lowest BCUT2D eigenvalue weighted by Gasteiger charge is -2.26. The first-order chi connectivity index (χ1) is 7.99. The van der Waals surface area contributed by atoms with Gasteiger partial charge < -0.3 is 4.98 Å². The monoisotopic (exact) mass is 277 g/mol. The molecule has 0 radical (unpaired) electrons. The molecule has 1 aliphatic rings. The van der Waals surface area contributed by atoms with Crippen LogP contribution >= 0.6 is 11.3 Å². The number of sulfonamides is 1. The van der Waals surface area contributed by atoms with E-state index in [-0.39, 0.29) is 9.08 Å². The second kappa shape index (κ2) is 4.89. The molecule has 8 heteroatoms. The molecule has 96 valence electrons. The van der Waals surface area contributed by atoms with Crippen molar-refractivity contribution in [3.8, 4) is 0 Å². The van der Waals surface area contributed by atoms with Crippen molar-refractivity contribution in [2.75, 3.05) is 13.1 Å². The van der Waals surface area contributed by atoms with Crippen LogP contribution in [0.2, 0.25) is 0 Å². The van der Waals surface area contributed by atoms with E-state index < -0.39 is 10.0 Å². The number of hydrazine groups is 1. The molecule has 0 unspecified atom stereocenters. The number of thiazole rings is 1. The van der Waals surface area contributed by atoms with Crippen LogP contribution in [-0.2, 0) is 10.0 Å². The molecule has 1 aliphatic heterocycles. The summed E-state index contributed by atoms with van der Waals surface area (Å²) in [6.07, 6.45) is 3.12. The summed E-state index contributed by atoms with van der Waals surface area (Å²) in [6, 6.07) is 0. The third-order valence-corrected chi connectivity index (χ3v) is 5.61. The Hall–Kier alpha value is -0.700. The van der Waals surface area contributed by atoms with Crippen molar-refractivity contribution in [1.29, 1.82) is 0 Å². The number of aromatic nitrogens is 1. The predicted molar refractivity (Wildman–Crippen MR) is 65.4 cm³/mol. The molecule has 0 aromatic carbocycles. The molecular weight excluding hydrogens is 262 g/mol. The second-order valence-corrected chi connectivity index (χ2v) is 6.91. The number of aromatic amines is 1. The molecule has 1 saturated heterocycles. The zero-order valence-electron chi connectivity index (χ0n) is 9.52. The first-order valence-corrected chi connectivity index (χ1v) is 7.76. The summed E-state index contributed by atoms with van der Waals surface area (Å²) in [5, 5.41) is 1.70. The number of hydrogen-bond acceptors (Lipinski definition) is 5. The van der Waals surface area contributed by atoms with Gasteiger partial charge in [0.15, 0.2) is 4.21 Å². The standard InChI is InChI=1S/C9H15N3O3S2/c1-7-8(16-9(13)10-7)17(14,15)11-12-5-3-2-4-6-12/h11H,2-6H2,1H3,(H,10,13). The second-order valence-electron chi connectivity index (χ2n) is 4.07. The molecule has 0 spiro atoms. The SMILES string of the molecule is Cc1[nH]c(=O)sc1S(=O)(=O)NN1CCCCC1. The summed E-state index contributed by atoms with van der Waals surface area (Å²) in [5.41, 5.74) is 0.393. The molecule has 1 fully saturated rings. The Labute approximate surface area is 104 Å². The summed E-state index contributed by atoms with van der Waals surface area (Å²) < 4.78 is 24.1. The van der Waals surface area contributed by atoms with E-state index in [2.05, 4.69) is 9.82 Å². The number of piperidine rings is 1. The molecule has 17 heavy (non-hydrogen) atoms. The molecule has 2 rings (SSSR count). The molecule has 0 aliphatic carbocycles. The molecule has 1 aromatic rings. The zero-order valence-corrected chi connectivity index (χ0v) is 11.2. The molecule has 6 nitrogen and oxygen atoms in total. The fourth-order valence-corrected chi connectivity index (χ4v) is 4.26. The summed E-state index contributed by atoms with van der Waals surface area (Å²) in [5.74, 6) is 0. The van der Waals surface area contributed by atoms with E-state index in [0.717, 1.165) is 43.7 Å². The van der Waals surface area contributed by atoms with Gasteiger partial charge in [0, 0.05) is 18.8 Å². The van der Waals surface area contributed by atoms with Crippen molar-refractivity contribution in [2.24, 2.45) is 0 Å². The van der Waals surface area contributed by atoms with Crippen LogP contribution in [0.3, 0.4) is 0 Å². The van der Waals surface area contributed by atoms with E-state index in [4.69, 9.17) is 0 Å². The minimum absolute atomic E-state index is 0.0769. The van der Waals surface area contributed by atoms with Crippen LogP contribution in [0.15, 0.2) is 9.00 Å². The van der Waals surface area contributed by atoms with Gasteiger partial charge >= 0.3 is 4.87 Å². The van der Waals surface area contributed by atoms with Crippen LogP contribution in [0.4, 0.5) is 0 Å². The Kier molecular flexibility index (Phi) is 3.67. The van der Waals surface area contributed by atoms with Gasteiger partial charge in [0.05, 0.1) is 0 Å². The maximum atomic E-state index is 12.0. The van der Waals surface area contributed by atoms with Crippen LogP contribution in [0, 0.1) is 6.92 Å². The molecule has 2 heterocycles. The lowest BCUT2D eigenvalue weighted by molar-refractivity contribution is 0.200. The summed E-state index contributed by atoms with van der Waals surface area (Å²) >= 11 is 0.722. The summed E-state index contributed by atoms with van der Waals surface area (Å²) in [6.45, 7) is 3.03. The van der Waals surface area contributed by atoms with E-state index in [0.29, 0.717) is 5.69 Å². The fourth-order valence-electron chi connectivity index (χ4n) is 1.84. The van der Waals surface area contributed by atoms with Gasteiger partial charge in [-0.15, -0.1) is 4.83 Å². The third-order valence-electron chi connectivity index (χ3n) is 2.63. The molecule has 0 bridgehead atoms. The van der Waals surface area contributed by atoms with Crippen molar-refractivity contribution >= 4 is 21.4 Å². The summed E-state index contributed by atoms with van der Waals surface area (Å²) in [4.78, 5) is 15.8. The van der Waals surface area contributed by atoms with Gasteiger partial charge in [0.25, 0.3) is 10.0 Å². The van der Waals surface area contributed by atoms with Gasteiger partial charge in [-0.3, -0.25) is 4.79 Å². The maximum absolute atomic E-state index is 12.0. The zero-order chi connectivity index (χ0) is 12.5. The van der Waals surface area contributed by atoms with Crippen LogP contribution in [0.1, 0.15) is 25.0 Å². The number of aryl methyl sites for hydroxylation is 1. The number of H-pyrrole nitrogens is 1. The van der Waals surface area contributed by atoms with Crippen molar-refractivity contribution in [1.82, 2.24) is 14.8 Å². The van der Waals surface area contributed by atoms with Gasteiger partial charge in [-0.2, -0.15) is 0 Å². The highest BCUT2D eigenvalue weighted by atomic mass is 32.2. The van der Waals surface area contributed by atoms with Crippen LogP contribution in [-0.4, -0.2) is 31.5 Å². The first kappa shape index (κ1) is 12.7. The first-order valence-electron chi connectivity index (χ1n) is 5.46.